The first-order valence-electron chi connectivity index (χ1n) is 3.97. The molecule has 0 atom stereocenters. The van der Waals surface area contributed by atoms with Gasteiger partial charge in [-0.15, -0.1) is 0 Å². The summed E-state index contributed by atoms with van der Waals surface area (Å²) in [5.74, 6) is 0. The molecule has 0 unspecified atom stereocenters. The highest BCUT2D eigenvalue weighted by atomic mass is 32.2. The zero-order valence-electron chi connectivity index (χ0n) is 7.70. The molecule has 0 bridgehead atoms. The van der Waals surface area contributed by atoms with Gasteiger partial charge >= 0.3 is 0 Å². The summed E-state index contributed by atoms with van der Waals surface area (Å²) in [6.45, 7) is 1.97. The first-order chi connectivity index (χ1) is 6.58. The lowest BCUT2D eigenvalue weighted by Crippen LogP contribution is -2.12. The Balaban J connectivity index is 2.56. The lowest BCUT2D eigenvalue weighted by molar-refractivity contribution is 0.270. The molecule has 0 aromatic heterocycles. The van der Waals surface area contributed by atoms with Crippen LogP contribution < -0.4 is 11.1 Å². The summed E-state index contributed by atoms with van der Waals surface area (Å²) >= 11 is 0.665. The molecule has 4 N–H and O–H groups in total. The number of carbonyl (C=O) groups excluding carboxylic acids is 1. The van der Waals surface area contributed by atoms with E-state index < -0.39 is 0 Å². The normalized spacial score (nSPS) is 9.50. The van der Waals surface area contributed by atoms with E-state index in [9.17, 15) is 4.79 Å². The summed E-state index contributed by atoms with van der Waals surface area (Å²) in [4.78, 5) is 11.1. The van der Waals surface area contributed by atoms with Crippen LogP contribution in [0.15, 0.2) is 24.3 Å². The SMILES string of the molecule is Cc1ccc(NC(=O)SC(=N)N)cc1. The lowest BCUT2D eigenvalue weighted by Gasteiger charge is -2.03. The van der Waals surface area contributed by atoms with Gasteiger partial charge in [-0.25, -0.2) is 0 Å². The molecule has 0 radical (unpaired) electrons. The highest BCUT2D eigenvalue weighted by Gasteiger charge is 2.03. The minimum absolute atomic E-state index is 0.213. The highest BCUT2D eigenvalue weighted by molar-refractivity contribution is 8.26. The van der Waals surface area contributed by atoms with Crippen LogP contribution in [-0.2, 0) is 0 Å². The van der Waals surface area contributed by atoms with Crippen molar-refractivity contribution in [2.45, 2.75) is 6.92 Å². The number of rotatable bonds is 1. The predicted molar refractivity (Wildman–Crippen MR) is 59.7 cm³/mol. The first kappa shape index (κ1) is 10.6. The molecule has 1 aromatic carbocycles. The van der Waals surface area contributed by atoms with Gasteiger partial charge in [-0.1, -0.05) is 17.7 Å². The molecule has 0 aliphatic heterocycles. The van der Waals surface area contributed by atoms with E-state index in [1.54, 1.807) is 12.1 Å². The van der Waals surface area contributed by atoms with Gasteiger partial charge in [-0.05, 0) is 19.1 Å². The second-order valence-corrected chi connectivity index (χ2v) is 3.76. The molecule has 1 aromatic rings. The van der Waals surface area contributed by atoms with Gasteiger partial charge in [0.05, 0.1) is 0 Å². The molecule has 5 heteroatoms. The Morgan fingerprint density at radius 3 is 2.50 bits per heavy atom. The van der Waals surface area contributed by atoms with Crippen LogP contribution in [-0.4, -0.2) is 10.4 Å². The van der Waals surface area contributed by atoms with Crippen LogP contribution >= 0.6 is 11.8 Å². The standard InChI is InChI=1S/C9H11N3OS/c1-6-2-4-7(5-3-6)12-9(13)14-8(10)11/h2-5H,1H3,(H3,10,11)(H,12,13). The Labute approximate surface area is 86.4 Å². The molecule has 74 valence electrons. The molecular weight excluding hydrogens is 198 g/mol. The fourth-order valence-electron chi connectivity index (χ4n) is 0.880. The number of amides is 1. The number of hydrogen-bond acceptors (Lipinski definition) is 3. The van der Waals surface area contributed by atoms with Crippen molar-refractivity contribution in [1.82, 2.24) is 0 Å². The van der Waals surface area contributed by atoms with E-state index in [0.29, 0.717) is 17.4 Å². The van der Waals surface area contributed by atoms with Gasteiger partial charge < -0.3 is 11.1 Å². The summed E-state index contributed by atoms with van der Waals surface area (Å²) in [5, 5.41) is 8.95. The van der Waals surface area contributed by atoms with Gasteiger partial charge in [0.25, 0.3) is 5.24 Å². The van der Waals surface area contributed by atoms with Crippen LogP contribution in [0, 0.1) is 12.3 Å². The van der Waals surface area contributed by atoms with E-state index in [1.807, 2.05) is 19.1 Å². The largest absolute Gasteiger partial charge is 0.378 e. The molecule has 1 rings (SSSR count). The number of carbonyl (C=O) groups is 1. The molecule has 0 saturated heterocycles. The van der Waals surface area contributed by atoms with E-state index in [2.05, 4.69) is 5.32 Å². The molecule has 0 fully saturated rings. The van der Waals surface area contributed by atoms with Crippen molar-refractivity contribution in [2.75, 3.05) is 5.32 Å². The molecule has 0 spiro atoms. The van der Waals surface area contributed by atoms with Gasteiger partial charge in [0, 0.05) is 17.4 Å². The van der Waals surface area contributed by atoms with Crippen molar-refractivity contribution in [3.8, 4) is 0 Å². The third-order valence-electron chi connectivity index (χ3n) is 1.50. The van der Waals surface area contributed by atoms with Gasteiger partial charge in [0.15, 0.2) is 5.17 Å². The molecule has 0 aliphatic carbocycles. The Morgan fingerprint density at radius 2 is 2.00 bits per heavy atom. The number of nitrogens with one attached hydrogen (secondary N) is 2. The van der Waals surface area contributed by atoms with Gasteiger partial charge in [-0.2, -0.15) is 0 Å². The Kier molecular flexibility index (Phi) is 3.53. The summed E-state index contributed by atoms with van der Waals surface area (Å²) < 4.78 is 0. The number of hydrogen-bond donors (Lipinski definition) is 3. The second kappa shape index (κ2) is 4.66. The average molecular weight is 209 g/mol. The smallest absolute Gasteiger partial charge is 0.291 e. The zero-order valence-corrected chi connectivity index (χ0v) is 8.52. The fourth-order valence-corrected chi connectivity index (χ4v) is 1.25. The maximum atomic E-state index is 11.1. The van der Waals surface area contributed by atoms with Crippen molar-refractivity contribution in [3.63, 3.8) is 0 Å². The van der Waals surface area contributed by atoms with Crippen molar-refractivity contribution in [2.24, 2.45) is 5.73 Å². The number of anilines is 1. The quantitative estimate of drug-likeness (QED) is 0.490. The average Bonchev–Trinajstić information content (AvgIpc) is 2.07. The van der Waals surface area contributed by atoms with Crippen LogP contribution in [0.5, 0.6) is 0 Å². The van der Waals surface area contributed by atoms with E-state index >= 15 is 0 Å². The van der Waals surface area contributed by atoms with E-state index in [-0.39, 0.29) is 10.4 Å². The number of thioether (sulfide) groups is 1. The minimum Gasteiger partial charge on any atom is -0.378 e. The van der Waals surface area contributed by atoms with Crippen LogP contribution in [0.2, 0.25) is 0 Å². The molecule has 0 heterocycles. The second-order valence-electron chi connectivity index (χ2n) is 2.74. The van der Waals surface area contributed by atoms with Gasteiger partial charge in [-0.3, -0.25) is 10.2 Å². The van der Waals surface area contributed by atoms with Crippen molar-refractivity contribution < 1.29 is 4.79 Å². The highest BCUT2D eigenvalue weighted by Crippen LogP contribution is 2.11. The third-order valence-corrected chi connectivity index (χ3v) is 2.01. The maximum absolute atomic E-state index is 11.1. The summed E-state index contributed by atoms with van der Waals surface area (Å²) in [6, 6.07) is 7.39. The maximum Gasteiger partial charge on any atom is 0.291 e. The molecule has 0 aliphatic rings. The summed E-state index contributed by atoms with van der Waals surface area (Å²) in [7, 11) is 0. The fraction of sp³-hybridized carbons (Fsp3) is 0.111. The third kappa shape index (κ3) is 3.49. The Morgan fingerprint density at radius 1 is 1.43 bits per heavy atom. The summed E-state index contributed by atoms with van der Waals surface area (Å²) in [5.41, 5.74) is 6.89. The monoisotopic (exact) mass is 209 g/mol. The molecular formula is C9H11N3OS. The number of benzene rings is 1. The van der Waals surface area contributed by atoms with Crippen LogP contribution in [0.4, 0.5) is 10.5 Å². The molecule has 1 amide bonds. The topological polar surface area (TPSA) is 79.0 Å². The van der Waals surface area contributed by atoms with Crippen LogP contribution in [0.1, 0.15) is 5.56 Å². The van der Waals surface area contributed by atoms with Gasteiger partial charge in [0.1, 0.15) is 0 Å². The van der Waals surface area contributed by atoms with Crippen molar-refractivity contribution >= 4 is 27.9 Å². The minimum atomic E-state index is -0.346. The zero-order chi connectivity index (χ0) is 10.6. The van der Waals surface area contributed by atoms with E-state index in [4.69, 9.17) is 11.1 Å². The van der Waals surface area contributed by atoms with Crippen LogP contribution in [0.3, 0.4) is 0 Å². The Bertz CT molecular complexity index is 348. The van der Waals surface area contributed by atoms with E-state index in [1.165, 1.54) is 0 Å². The van der Waals surface area contributed by atoms with Crippen molar-refractivity contribution in [3.05, 3.63) is 29.8 Å². The van der Waals surface area contributed by atoms with Gasteiger partial charge in [0.2, 0.25) is 0 Å². The predicted octanol–water partition coefficient (Wildman–Crippen LogP) is 2.15. The Hall–Kier alpha value is -1.49. The number of aryl methyl sites for hydroxylation is 1. The van der Waals surface area contributed by atoms with E-state index in [0.717, 1.165) is 5.56 Å². The number of nitrogens with two attached hydrogens (primary N) is 1. The molecule has 0 saturated carbocycles. The summed E-state index contributed by atoms with van der Waals surface area (Å²) in [6.07, 6.45) is 0. The van der Waals surface area contributed by atoms with Crippen molar-refractivity contribution in [1.29, 1.82) is 5.41 Å². The van der Waals surface area contributed by atoms with Crippen LogP contribution in [0.25, 0.3) is 0 Å². The lowest BCUT2D eigenvalue weighted by atomic mass is 10.2. The molecule has 4 nitrogen and oxygen atoms in total. The number of amidine groups is 1. The first-order valence-corrected chi connectivity index (χ1v) is 4.79. The molecule has 14 heavy (non-hydrogen) atoms.